The van der Waals surface area contributed by atoms with Crippen LogP contribution in [0.2, 0.25) is 0 Å². The van der Waals surface area contributed by atoms with Gasteiger partial charge in [0, 0.05) is 12.2 Å². The Morgan fingerprint density at radius 3 is 1.79 bits per heavy atom. The molecule has 0 spiro atoms. The molecule has 1 rings (SSSR count). The Labute approximate surface area is 111 Å². The zero-order chi connectivity index (χ0) is 14.1. The molecule has 0 N–H and O–H groups in total. The topological polar surface area (TPSA) is 65.7 Å². The molecule has 0 unspecified atom stereocenters. The van der Waals surface area contributed by atoms with Crippen molar-refractivity contribution in [2.75, 3.05) is 13.2 Å². The van der Waals surface area contributed by atoms with Crippen LogP contribution < -0.4 is 0 Å². The van der Waals surface area contributed by atoms with Crippen LogP contribution in [-0.2, 0) is 19.1 Å². The predicted octanol–water partition coefficient (Wildman–Crippen LogP) is 2.43. The quantitative estimate of drug-likeness (QED) is 0.583. The number of furan rings is 1. The van der Waals surface area contributed by atoms with E-state index in [2.05, 4.69) is 0 Å². The fourth-order valence-corrected chi connectivity index (χ4v) is 1.23. The molecule has 1 aromatic rings. The smallest absolute Gasteiger partial charge is 0.330 e. The van der Waals surface area contributed by atoms with Crippen molar-refractivity contribution in [1.29, 1.82) is 0 Å². The molecule has 0 atom stereocenters. The second-order valence-corrected chi connectivity index (χ2v) is 3.41. The van der Waals surface area contributed by atoms with Crippen molar-refractivity contribution in [2.45, 2.75) is 13.8 Å². The number of ether oxygens (including phenoxy) is 2. The number of carbonyl (C=O) groups is 2. The van der Waals surface area contributed by atoms with Gasteiger partial charge in [0.2, 0.25) is 0 Å². The highest BCUT2D eigenvalue weighted by Gasteiger charge is 1.99. The van der Waals surface area contributed by atoms with Crippen molar-refractivity contribution in [2.24, 2.45) is 0 Å². The lowest BCUT2D eigenvalue weighted by atomic mass is 10.3. The highest BCUT2D eigenvalue weighted by atomic mass is 16.5. The first-order valence-electron chi connectivity index (χ1n) is 5.95. The summed E-state index contributed by atoms with van der Waals surface area (Å²) in [4.78, 5) is 22.2. The molecule has 0 fully saturated rings. The van der Waals surface area contributed by atoms with Gasteiger partial charge in [0.15, 0.2) is 0 Å². The van der Waals surface area contributed by atoms with E-state index in [0.29, 0.717) is 24.7 Å². The zero-order valence-corrected chi connectivity index (χ0v) is 10.9. The van der Waals surface area contributed by atoms with Gasteiger partial charge >= 0.3 is 11.9 Å². The average molecular weight is 264 g/mol. The van der Waals surface area contributed by atoms with Crippen LogP contribution in [-0.4, -0.2) is 25.2 Å². The lowest BCUT2D eigenvalue weighted by Gasteiger charge is -1.94. The molecule has 0 aromatic carbocycles. The second-order valence-electron chi connectivity index (χ2n) is 3.41. The van der Waals surface area contributed by atoms with Gasteiger partial charge in [0.25, 0.3) is 0 Å². The minimum absolute atomic E-state index is 0.328. The van der Waals surface area contributed by atoms with Gasteiger partial charge in [-0.1, -0.05) is 0 Å². The second kappa shape index (κ2) is 7.92. The number of hydrogen-bond donors (Lipinski definition) is 0. The summed E-state index contributed by atoms with van der Waals surface area (Å²) in [5, 5.41) is 0. The molecular weight excluding hydrogens is 248 g/mol. The number of hydrogen-bond acceptors (Lipinski definition) is 5. The third kappa shape index (κ3) is 5.72. The van der Waals surface area contributed by atoms with Crippen molar-refractivity contribution in [1.82, 2.24) is 0 Å². The molecule has 0 aliphatic carbocycles. The summed E-state index contributed by atoms with van der Waals surface area (Å²) in [6.07, 6.45) is 5.56. The third-order valence-electron chi connectivity index (χ3n) is 1.99. The lowest BCUT2D eigenvalue weighted by molar-refractivity contribution is -0.138. The SMILES string of the molecule is CCOC(=O)C=Cc1ccc(C=CC(=O)OCC)o1. The molecule has 0 radical (unpaired) electrons. The van der Waals surface area contributed by atoms with Crippen molar-refractivity contribution in [3.8, 4) is 0 Å². The fourth-order valence-electron chi connectivity index (χ4n) is 1.23. The fraction of sp³-hybridized carbons (Fsp3) is 0.286. The third-order valence-corrected chi connectivity index (χ3v) is 1.99. The van der Waals surface area contributed by atoms with Crippen LogP contribution in [0.1, 0.15) is 25.4 Å². The maximum atomic E-state index is 11.1. The molecular formula is C14H16O5. The molecule has 19 heavy (non-hydrogen) atoms. The van der Waals surface area contributed by atoms with Gasteiger partial charge in [-0.2, -0.15) is 0 Å². The summed E-state index contributed by atoms with van der Waals surface area (Å²) in [5.41, 5.74) is 0. The van der Waals surface area contributed by atoms with Crippen LogP contribution in [0.5, 0.6) is 0 Å². The van der Waals surface area contributed by atoms with Crippen molar-refractivity contribution >= 4 is 24.1 Å². The lowest BCUT2D eigenvalue weighted by Crippen LogP contribution is -1.98. The average Bonchev–Trinajstić information content (AvgIpc) is 2.83. The van der Waals surface area contributed by atoms with Crippen molar-refractivity contribution < 1.29 is 23.5 Å². The maximum Gasteiger partial charge on any atom is 0.330 e. The van der Waals surface area contributed by atoms with Gasteiger partial charge in [-0.3, -0.25) is 0 Å². The first kappa shape index (κ1) is 14.8. The Bertz CT molecular complexity index is 439. The van der Waals surface area contributed by atoms with Crippen LogP contribution in [0.4, 0.5) is 0 Å². The number of rotatable bonds is 6. The van der Waals surface area contributed by atoms with Crippen molar-refractivity contribution in [3.05, 3.63) is 35.8 Å². The zero-order valence-electron chi connectivity index (χ0n) is 10.9. The minimum Gasteiger partial charge on any atom is -0.463 e. The number of esters is 2. The van der Waals surface area contributed by atoms with Crippen molar-refractivity contribution in [3.63, 3.8) is 0 Å². The van der Waals surface area contributed by atoms with Crippen LogP contribution in [0.3, 0.4) is 0 Å². The summed E-state index contributed by atoms with van der Waals surface area (Å²) in [7, 11) is 0. The van der Waals surface area contributed by atoms with Gasteiger partial charge in [0.05, 0.1) is 13.2 Å². The highest BCUT2D eigenvalue weighted by Crippen LogP contribution is 2.11. The van der Waals surface area contributed by atoms with Gasteiger partial charge in [-0.15, -0.1) is 0 Å². The van der Waals surface area contributed by atoms with Gasteiger partial charge in [-0.25, -0.2) is 9.59 Å². The standard InChI is InChI=1S/C14H16O5/c1-3-17-13(15)9-7-11-5-6-12(19-11)8-10-14(16)18-4-2/h5-10H,3-4H2,1-2H3. The van der Waals surface area contributed by atoms with Crippen LogP contribution >= 0.6 is 0 Å². The molecule has 0 bridgehead atoms. The molecule has 0 amide bonds. The van der Waals surface area contributed by atoms with E-state index in [9.17, 15) is 9.59 Å². The Morgan fingerprint density at radius 1 is 1.00 bits per heavy atom. The van der Waals surface area contributed by atoms with Crippen LogP contribution in [0, 0.1) is 0 Å². The Morgan fingerprint density at radius 2 is 1.42 bits per heavy atom. The monoisotopic (exact) mass is 264 g/mol. The van der Waals surface area contributed by atoms with Crippen LogP contribution in [0.15, 0.2) is 28.7 Å². The number of carbonyl (C=O) groups excluding carboxylic acids is 2. The van der Waals surface area contributed by atoms with E-state index in [4.69, 9.17) is 13.9 Å². The Hall–Kier alpha value is -2.30. The molecule has 5 heteroatoms. The normalized spacial score (nSPS) is 11.1. The van der Waals surface area contributed by atoms with Gasteiger partial charge in [0.1, 0.15) is 11.5 Å². The maximum absolute atomic E-state index is 11.1. The van der Waals surface area contributed by atoms with E-state index in [-0.39, 0.29) is 0 Å². The van der Waals surface area contributed by atoms with Gasteiger partial charge in [-0.05, 0) is 38.1 Å². The Balaban J connectivity index is 2.57. The molecule has 5 nitrogen and oxygen atoms in total. The molecule has 0 aliphatic rings. The van der Waals surface area contributed by atoms with Crippen LogP contribution in [0.25, 0.3) is 12.2 Å². The van der Waals surface area contributed by atoms with E-state index in [0.717, 1.165) is 0 Å². The summed E-state index contributed by atoms with van der Waals surface area (Å²) in [6, 6.07) is 3.36. The highest BCUT2D eigenvalue weighted by molar-refractivity contribution is 5.87. The molecule has 1 heterocycles. The van der Waals surface area contributed by atoms with E-state index < -0.39 is 11.9 Å². The molecule has 0 aliphatic heterocycles. The van der Waals surface area contributed by atoms with E-state index in [1.54, 1.807) is 26.0 Å². The van der Waals surface area contributed by atoms with E-state index >= 15 is 0 Å². The molecule has 102 valence electrons. The first-order chi connectivity index (χ1) is 9.15. The van der Waals surface area contributed by atoms with E-state index in [1.807, 2.05) is 0 Å². The first-order valence-corrected chi connectivity index (χ1v) is 5.95. The summed E-state index contributed by atoms with van der Waals surface area (Å²) in [6.45, 7) is 4.12. The van der Waals surface area contributed by atoms with E-state index in [1.165, 1.54) is 24.3 Å². The Kier molecular flexibility index (Phi) is 6.15. The van der Waals surface area contributed by atoms with Gasteiger partial charge < -0.3 is 13.9 Å². The summed E-state index contributed by atoms with van der Waals surface area (Å²) >= 11 is 0. The summed E-state index contributed by atoms with van der Waals surface area (Å²) in [5.74, 6) is 0.137. The predicted molar refractivity (Wildman–Crippen MR) is 70.0 cm³/mol. The minimum atomic E-state index is -0.428. The molecule has 0 saturated heterocycles. The molecule has 1 aromatic heterocycles. The summed E-state index contributed by atoms with van der Waals surface area (Å²) < 4.78 is 14.8. The molecule has 0 saturated carbocycles. The largest absolute Gasteiger partial charge is 0.463 e.